The molecule has 0 amide bonds. The molecule has 2 aliphatic rings. The van der Waals surface area contributed by atoms with Crippen LogP contribution in [0.1, 0.15) is 6.42 Å². The Kier molecular flexibility index (Phi) is 2.55. The molecule has 5 nitrogen and oxygen atoms in total. The molecule has 0 aromatic carbocycles. The third-order valence-corrected chi connectivity index (χ3v) is 2.71. The zero-order chi connectivity index (χ0) is 10.8. The molecule has 80 valence electrons. The molecule has 3 N–H and O–H groups in total. The summed E-state index contributed by atoms with van der Waals surface area (Å²) >= 11 is 0. The van der Waals surface area contributed by atoms with E-state index >= 15 is 0 Å². The highest BCUT2D eigenvalue weighted by molar-refractivity contribution is 5.34. The van der Waals surface area contributed by atoms with Gasteiger partial charge < -0.3 is 11.1 Å². The van der Waals surface area contributed by atoms with E-state index in [0.29, 0.717) is 6.54 Å². The Bertz CT molecular complexity index is 371. The van der Waals surface area contributed by atoms with Crippen molar-refractivity contribution in [2.24, 2.45) is 11.7 Å². The fourth-order valence-corrected chi connectivity index (χ4v) is 1.96. The van der Waals surface area contributed by atoms with Crippen LogP contribution in [0.2, 0.25) is 0 Å². The van der Waals surface area contributed by atoms with E-state index in [-0.39, 0.29) is 22.6 Å². The highest BCUT2D eigenvalue weighted by Crippen LogP contribution is 2.29. The van der Waals surface area contributed by atoms with Gasteiger partial charge >= 0.3 is 0 Å². The Morgan fingerprint density at radius 2 is 2.40 bits per heavy atom. The van der Waals surface area contributed by atoms with Crippen molar-refractivity contribution in [2.75, 3.05) is 6.54 Å². The molecule has 0 radical (unpaired) electrons. The Labute approximate surface area is 87.5 Å². The molecule has 1 aliphatic carbocycles. The largest absolute Gasteiger partial charge is 0.378 e. The van der Waals surface area contributed by atoms with E-state index in [1.807, 2.05) is 18.2 Å². The molecule has 1 aliphatic heterocycles. The standard InChI is InChI=1S/C10H13N3O2/c11-4-3-7-1-2-8-9(5-7)12-6-10(8)13(14)15/h1-2,5-6,8-9,12H,3-4,11H2. The number of hydrogen-bond acceptors (Lipinski definition) is 4. The van der Waals surface area contributed by atoms with Gasteiger partial charge in [-0.25, -0.2) is 0 Å². The molecule has 2 unspecified atom stereocenters. The minimum atomic E-state index is -0.330. The van der Waals surface area contributed by atoms with Crippen LogP contribution in [0.5, 0.6) is 0 Å². The van der Waals surface area contributed by atoms with Gasteiger partial charge in [-0.3, -0.25) is 10.1 Å². The van der Waals surface area contributed by atoms with E-state index in [1.165, 1.54) is 6.20 Å². The van der Waals surface area contributed by atoms with Crippen LogP contribution in [0.3, 0.4) is 0 Å². The first-order valence-electron chi connectivity index (χ1n) is 4.92. The Morgan fingerprint density at radius 1 is 1.60 bits per heavy atom. The number of allylic oxidation sites excluding steroid dienone is 1. The van der Waals surface area contributed by atoms with Gasteiger partial charge in [0, 0.05) is 0 Å². The maximum atomic E-state index is 10.7. The molecule has 2 atom stereocenters. The van der Waals surface area contributed by atoms with Gasteiger partial charge in [-0.2, -0.15) is 0 Å². The van der Waals surface area contributed by atoms with Crippen molar-refractivity contribution in [3.05, 3.63) is 45.8 Å². The number of nitrogens with one attached hydrogen (secondary N) is 1. The van der Waals surface area contributed by atoms with Gasteiger partial charge in [0.25, 0.3) is 5.70 Å². The summed E-state index contributed by atoms with van der Waals surface area (Å²) in [6, 6.07) is 0.0250. The third-order valence-electron chi connectivity index (χ3n) is 2.71. The van der Waals surface area contributed by atoms with Crippen molar-refractivity contribution in [3.63, 3.8) is 0 Å². The fraction of sp³-hybridized carbons (Fsp3) is 0.400. The molecule has 0 bridgehead atoms. The summed E-state index contributed by atoms with van der Waals surface area (Å²) < 4.78 is 0. The van der Waals surface area contributed by atoms with Gasteiger partial charge in [0.05, 0.1) is 23.1 Å². The van der Waals surface area contributed by atoms with Crippen molar-refractivity contribution in [3.8, 4) is 0 Å². The molecular weight excluding hydrogens is 194 g/mol. The first kappa shape index (κ1) is 9.92. The molecule has 0 aromatic heterocycles. The fourth-order valence-electron chi connectivity index (χ4n) is 1.96. The van der Waals surface area contributed by atoms with Crippen LogP contribution in [-0.4, -0.2) is 17.5 Å². The zero-order valence-corrected chi connectivity index (χ0v) is 8.22. The van der Waals surface area contributed by atoms with E-state index in [0.717, 1.165) is 12.0 Å². The Morgan fingerprint density at radius 3 is 3.07 bits per heavy atom. The van der Waals surface area contributed by atoms with Gasteiger partial charge in [0.2, 0.25) is 0 Å². The summed E-state index contributed by atoms with van der Waals surface area (Å²) in [6.07, 6.45) is 8.13. The van der Waals surface area contributed by atoms with Gasteiger partial charge in [0.1, 0.15) is 0 Å². The molecule has 0 fully saturated rings. The lowest BCUT2D eigenvalue weighted by molar-refractivity contribution is -0.431. The van der Waals surface area contributed by atoms with Crippen LogP contribution in [0.15, 0.2) is 35.7 Å². The van der Waals surface area contributed by atoms with E-state index in [1.54, 1.807) is 0 Å². The lowest BCUT2D eigenvalue weighted by Crippen LogP contribution is -2.27. The summed E-state index contributed by atoms with van der Waals surface area (Å²) in [6.45, 7) is 0.600. The first-order valence-corrected chi connectivity index (χ1v) is 4.92. The quantitative estimate of drug-likeness (QED) is 0.522. The molecule has 0 aromatic rings. The van der Waals surface area contributed by atoms with E-state index in [9.17, 15) is 10.1 Å². The number of nitrogens with two attached hydrogens (primary N) is 1. The Balaban J connectivity index is 2.13. The zero-order valence-electron chi connectivity index (χ0n) is 8.22. The van der Waals surface area contributed by atoms with Crippen molar-refractivity contribution >= 4 is 0 Å². The van der Waals surface area contributed by atoms with Gasteiger partial charge in [-0.1, -0.05) is 18.2 Å². The highest BCUT2D eigenvalue weighted by Gasteiger charge is 2.35. The molecule has 0 spiro atoms. The lowest BCUT2D eigenvalue weighted by atomic mass is 9.91. The monoisotopic (exact) mass is 207 g/mol. The van der Waals surface area contributed by atoms with Gasteiger partial charge in [0.15, 0.2) is 0 Å². The first-order chi connectivity index (χ1) is 7.22. The molecular formula is C10H13N3O2. The number of rotatable bonds is 3. The number of nitro groups is 1. The summed E-state index contributed by atoms with van der Waals surface area (Å²) in [7, 11) is 0. The minimum absolute atomic E-state index is 0.0250. The van der Waals surface area contributed by atoms with E-state index < -0.39 is 0 Å². The van der Waals surface area contributed by atoms with Crippen molar-refractivity contribution in [1.82, 2.24) is 5.32 Å². The van der Waals surface area contributed by atoms with Crippen LogP contribution in [0.25, 0.3) is 0 Å². The predicted octanol–water partition coefficient (Wildman–Crippen LogP) is 0.538. The number of nitrogens with zero attached hydrogens (tertiary/aromatic N) is 1. The summed E-state index contributed by atoms with van der Waals surface area (Å²) in [5.41, 5.74) is 6.83. The van der Waals surface area contributed by atoms with Crippen molar-refractivity contribution in [1.29, 1.82) is 0 Å². The number of fused-ring (bicyclic) bond motifs is 1. The average Bonchev–Trinajstić information content (AvgIpc) is 2.61. The highest BCUT2D eigenvalue weighted by atomic mass is 16.6. The smallest absolute Gasteiger partial charge is 0.270 e. The average molecular weight is 207 g/mol. The summed E-state index contributed by atoms with van der Waals surface area (Å²) in [5.74, 6) is -0.137. The summed E-state index contributed by atoms with van der Waals surface area (Å²) in [4.78, 5) is 10.4. The second-order valence-electron chi connectivity index (χ2n) is 3.68. The van der Waals surface area contributed by atoms with E-state index in [2.05, 4.69) is 5.32 Å². The number of hydrogen-bond donors (Lipinski definition) is 2. The molecule has 1 heterocycles. The van der Waals surface area contributed by atoms with Gasteiger partial charge in [-0.05, 0) is 18.5 Å². The molecule has 0 saturated carbocycles. The maximum absolute atomic E-state index is 10.7. The lowest BCUT2D eigenvalue weighted by Gasteiger charge is -2.18. The SMILES string of the molecule is NCCC1=CC2NC=C([N+](=O)[O-])C2C=C1. The topological polar surface area (TPSA) is 81.2 Å². The van der Waals surface area contributed by atoms with E-state index in [4.69, 9.17) is 5.73 Å². The van der Waals surface area contributed by atoms with Crippen molar-refractivity contribution in [2.45, 2.75) is 12.5 Å². The molecule has 0 saturated heterocycles. The van der Waals surface area contributed by atoms with Crippen LogP contribution in [0.4, 0.5) is 0 Å². The van der Waals surface area contributed by atoms with Crippen molar-refractivity contribution < 1.29 is 4.92 Å². The van der Waals surface area contributed by atoms with Crippen LogP contribution < -0.4 is 11.1 Å². The second-order valence-corrected chi connectivity index (χ2v) is 3.68. The van der Waals surface area contributed by atoms with Gasteiger partial charge in [-0.15, -0.1) is 0 Å². The second kappa shape index (κ2) is 3.86. The molecule has 2 rings (SSSR count). The molecule has 15 heavy (non-hydrogen) atoms. The van der Waals surface area contributed by atoms with Crippen LogP contribution in [0, 0.1) is 16.0 Å². The normalized spacial score (nSPS) is 27.8. The molecule has 5 heteroatoms. The third kappa shape index (κ3) is 1.78. The predicted molar refractivity (Wildman–Crippen MR) is 56.4 cm³/mol. The Hall–Kier alpha value is -1.62. The minimum Gasteiger partial charge on any atom is -0.378 e. The van der Waals surface area contributed by atoms with Crippen LogP contribution >= 0.6 is 0 Å². The summed E-state index contributed by atoms with van der Waals surface area (Å²) in [5, 5.41) is 13.7. The maximum Gasteiger partial charge on any atom is 0.270 e. The van der Waals surface area contributed by atoms with Crippen LogP contribution in [-0.2, 0) is 0 Å².